The van der Waals surface area contributed by atoms with Crippen molar-refractivity contribution in [1.29, 1.82) is 0 Å². The number of likely N-dealkylation sites (N-methyl/N-ethyl adjacent to an activating group) is 1. The topological polar surface area (TPSA) is 76.5 Å². The second-order valence-electron chi connectivity index (χ2n) is 10.6. The number of nitrogens with zero attached hydrogens (tertiary/aromatic N) is 7. The molecule has 0 bridgehead atoms. The number of rotatable bonds is 10. The minimum Gasteiger partial charge on any atom is -0.358 e. The first-order valence-corrected chi connectivity index (χ1v) is 13.6. The Labute approximate surface area is 219 Å². The zero-order valence-corrected chi connectivity index (χ0v) is 21.8. The SMILES string of the molecule is CCCCCC1N=C2C(=CN(CC3CC3)CN2C)N1Cc1ccc(-c2ccccc2-c2nn[nH]n2)cc1. The maximum Gasteiger partial charge on any atom is 0.205 e. The van der Waals surface area contributed by atoms with Gasteiger partial charge in [0.25, 0.3) is 0 Å². The van der Waals surface area contributed by atoms with Crippen LogP contribution in [0.15, 0.2) is 65.4 Å². The first-order valence-electron chi connectivity index (χ1n) is 13.6. The Kier molecular flexibility index (Phi) is 6.64. The summed E-state index contributed by atoms with van der Waals surface area (Å²) in [6.45, 7) is 5.21. The van der Waals surface area contributed by atoms with Gasteiger partial charge >= 0.3 is 0 Å². The number of aliphatic imine (C=N–C) groups is 1. The van der Waals surface area contributed by atoms with E-state index in [1.807, 2.05) is 12.1 Å². The Morgan fingerprint density at radius 1 is 1.00 bits per heavy atom. The third-order valence-corrected chi connectivity index (χ3v) is 7.62. The molecular formula is C29H36N8. The molecule has 8 heteroatoms. The van der Waals surface area contributed by atoms with Gasteiger partial charge in [0.1, 0.15) is 6.17 Å². The lowest BCUT2D eigenvalue weighted by molar-refractivity contribution is 0.224. The van der Waals surface area contributed by atoms with Crippen LogP contribution in [0.2, 0.25) is 0 Å². The highest BCUT2D eigenvalue weighted by atomic mass is 15.5. The summed E-state index contributed by atoms with van der Waals surface area (Å²) >= 11 is 0. The largest absolute Gasteiger partial charge is 0.358 e. The van der Waals surface area contributed by atoms with Gasteiger partial charge in [-0.05, 0) is 53.5 Å². The average Bonchev–Trinajstić information content (AvgIpc) is 3.42. The highest BCUT2D eigenvalue weighted by molar-refractivity contribution is 5.99. The number of nitrogens with one attached hydrogen (secondary N) is 1. The van der Waals surface area contributed by atoms with Crippen LogP contribution in [0, 0.1) is 5.92 Å². The van der Waals surface area contributed by atoms with Crippen molar-refractivity contribution in [2.24, 2.45) is 10.9 Å². The van der Waals surface area contributed by atoms with Crippen LogP contribution in [0.3, 0.4) is 0 Å². The average molecular weight is 497 g/mol. The first-order chi connectivity index (χ1) is 18.2. The van der Waals surface area contributed by atoms with Crippen LogP contribution in [-0.4, -0.2) is 67.6 Å². The predicted molar refractivity (Wildman–Crippen MR) is 146 cm³/mol. The summed E-state index contributed by atoms with van der Waals surface area (Å²) in [5.41, 5.74) is 5.80. The maximum absolute atomic E-state index is 5.23. The van der Waals surface area contributed by atoms with E-state index in [0.717, 1.165) is 54.6 Å². The molecule has 0 radical (unpaired) electrons. The number of aromatic amines is 1. The van der Waals surface area contributed by atoms with Crippen molar-refractivity contribution in [3.63, 3.8) is 0 Å². The normalized spacial score (nSPS) is 19.2. The van der Waals surface area contributed by atoms with Gasteiger partial charge in [0.2, 0.25) is 5.82 Å². The van der Waals surface area contributed by atoms with Crippen LogP contribution < -0.4 is 0 Å². The van der Waals surface area contributed by atoms with Gasteiger partial charge in [0.15, 0.2) is 5.84 Å². The summed E-state index contributed by atoms with van der Waals surface area (Å²) in [7, 11) is 2.19. The Morgan fingerprint density at radius 3 is 2.54 bits per heavy atom. The van der Waals surface area contributed by atoms with Crippen molar-refractivity contribution in [1.82, 2.24) is 35.3 Å². The van der Waals surface area contributed by atoms with E-state index in [9.17, 15) is 0 Å². The highest BCUT2D eigenvalue weighted by Crippen LogP contribution is 2.35. The number of unbranched alkanes of at least 4 members (excludes halogenated alkanes) is 2. The number of tetrazole rings is 1. The van der Waals surface area contributed by atoms with E-state index in [1.54, 1.807) is 0 Å². The molecule has 1 unspecified atom stereocenters. The van der Waals surface area contributed by atoms with Crippen molar-refractivity contribution in [3.05, 3.63) is 66.0 Å². The molecule has 1 aromatic heterocycles. The quantitative estimate of drug-likeness (QED) is 0.393. The van der Waals surface area contributed by atoms with Crippen molar-refractivity contribution in [2.75, 3.05) is 20.3 Å². The fraction of sp³-hybridized carbons (Fsp3) is 0.448. The molecule has 2 aromatic carbocycles. The smallest absolute Gasteiger partial charge is 0.205 e. The van der Waals surface area contributed by atoms with E-state index in [2.05, 4.69) is 91.9 Å². The van der Waals surface area contributed by atoms with E-state index >= 15 is 0 Å². The van der Waals surface area contributed by atoms with Crippen LogP contribution in [0.5, 0.6) is 0 Å². The number of amidine groups is 1. The van der Waals surface area contributed by atoms with Crippen LogP contribution in [0.1, 0.15) is 51.0 Å². The van der Waals surface area contributed by atoms with Gasteiger partial charge in [0.05, 0.1) is 12.4 Å². The molecule has 1 saturated carbocycles. The molecule has 1 atom stereocenters. The van der Waals surface area contributed by atoms with Crippen molar-refractivity contribution < 1.29 is 0 Å². The van der Waals surface area contributed by atoms with Gasteiger partial charge in [-0.25, -0.2) is 4.99 Å². The highest BCUT2D eigenvalue weighted by Gasteiger charge is 2.36. The Balaban J connectivity index is 1.25. The van der Waals surface area contributed by atoms with Crippen LogP contribution in [-0.2, 0) is 6.54 Å². The lowest BCUT2D eigenvalue weighted by Gasteiger charge is -2.36. The molecule has 0 amide bonds. The molecule has 8 nitrogen and oxygen atoms in total. The molecule has 192 valence electrons. The first kappa shape index (κ1) is 23.7. The fourth-order valence-corrected chi connectivity index (χ4v) is 5.47. The zero-order valence-electron chi connectivity index (χ0n) is 21.8. The molecule has 2 aliphatic heterocycles. The number of H-pyrrole nitrogens is 1. The summed E-state index contributed by atoms with van der Waals surface area (Å²) < 4.78 is 0. The Morgan fingerprint density at radius 2 is 1.81 bits per heavy atom. The summed E-state index contributed by atoms with van der Waals surface area (Å²) in [5.74, 6) is 2.63. The van der Waals surface area contributed by atoms with Crippen LogP contribution in [0.4, 0.5) is 0 Å². The van der Waals surface area contributed by atoms with Crippen molar-refractivity contribution in [3.8, 4) is 22.5 Å². The molecule has 0 spiro atoms. The Bertz CT molecular complexity index is 1260. The second-order valence-corrected chi connectivity index (χ2v) is 10.6. The molecule has 1 aliphatic carbocycles. The Hall–Kier alpha value is -3.68. The summed E-state index contributed by atoms with van der Waals surface area (Å²) in [5, 5.41) is 14.7. The third-order valence-electron chi connectivity index (χ3n) is 7.62. The van der Waals surface area contributed by atoms with Gasteiger partial charge in [-0.1, -0.05) is 68.3 Å². The summed E-state index contributed by atoms with van der Waals surface area (Å²) in [6, 6.07) is 17.1. The molecule has 1 fully saturated rings. The molecule has 3 aliphatic rings. The van der Waals surface area contributed by atoms with E-state index < -0.39 is 0 Å². The van der Waals surface area contributed by atoms with Crippen molar-refractivity contribution in [2.45, 2.75) is 58.2 Å². The van der Waals surface area contributed by atoms with Crippen LogP contribution in [0.25, 0.3) is 22.5 Å². The molecule has 37 heavy (non-hydrogen) atoms. The second kappa shape index (κ2) is 10.4. The number of benzene rings is 2. The fourth-order valence-electron chi connectivity index (χ4n) is 5.47. The number of hydrogen-bond acceptors (Lipinski definition) is 7. The lowest BCUT2D eigenvalue weighted by Crippen LogP contribution is -2.44. The van der Waals surface area contributed by atoms with Gasteiger partial charge in [-0.15, -0.1) is 10.2 Å². The minimum absolute atomic E-state index is 0.203. The van der Waals surface area contributed by atoms with Gasteiger partial charge in [-0.2, -0.15) is 5.21 Å². The van der Waals surface area contributed by atoms with Gasteiger partial charge < -0.3 is 14.7 Å². The van der Waals surface area contributed by atoms with Crippen LogP contribution >= 0.6 is 0 Å². The molecule has 6 rings (SSSR count). The van der Waals surface area contributed by atoms with E-state index in [-0.39, 0.29) is 6.17 Å². The van der Waals surface area contributed by atoms with E-state index in [1.165, 1.54) is 43.4 Å². The maximum atomic E-state index is 5.23. The zero-order chi connectivity index (χ0) is 25.2. The standard InChI is InChI=1S/C29H36N8/c1-3-4-5-10-27-30-29-26(19-36(20-35(29)2)17-21-11-12-21)37(27)18-22-13-15-23(16-14-22)24-8-6-7-9-25(24)28-31-33-34-32-28/h6-9,13-16,19,21,27H,3-5,10-12,17-18,20H2,1-2H3,(H,31,32,33,34). The lowest BCUT2D eigenvalue weighted by atomic mass is 9.98. The van der Waals surface area contributed by atoms with E-state index in [4.69, 9.17) is 4.99 Å². The van der Waals surface area contributed by atoms with Crippen molar-refractivity contribution >= 4 is 5.84 Å². The molecular weight excluding hydrogens is 460 g/mol. The molecule has 1 N–H and O–H groups in total. The molecule has 3 aromatic rings. The predicted octanol–water partition coefficient (Wildman–Crippen LogP) is 5.11. The third kappa shape index (κ3) is 5.10. The minimum atomic E-state index is 0.203. The summed E-state index contributed by atoms with van der Waals surface area (Å²) in [6.07, 6.45) is 10.1. The number of fused-ring (bicyclic) bond motifs is 1. The molecule has 3 heterocycles. The van der Waals surface area contributed by atoms with E-state index in [0.29, 0.717) is 5.82 Å². The number of aromatic nitrogens is 4. The monoisotopic (exact) mass is 496 g/mol. The van der Waals surface area contributed by atoms with Gasteiger partial charge in [-0.3, -0.25) is 0 Å². The number of hydrogen-bond donors (Lipinski definition) is 1. The molecule has 0 saturated heterocycles. The summed E-state index contributed by atoms with van der Waals surface area (Å²) in [4.78, 5) is 12.6. The van der Waals surface area contributed by atoms with Gasteiger partial charge in [0, 0.05) is 31.9 Å².